The van der Waals surface area contributed by atoms with E-state index >= 15 is 0 Å². The molecule has 3 nitrogen and oxygen atoms in total. The summed E-state index contributed by atoms with van der Waals surface area (Å²) >= 11 is 3.47. The average Bonchev–Trinajstić information content (AvgIpc) is 3.15. The van der Waals surface area contributed by atoms with Crippen LogP contribution in [-0.2, 0) is 4.74 Å². The van der Waals surface area contributed by atoms with Crippen LogP contribution in [0.2, 0.25) is 0 Å². The molecule has 1 aliphatic carbocycles. The second-order valence-corrected chi connectivity index (χ2v) is 5.83. The highest BCUT2D eigenvalue weighted by Gasteiger charge is 2.21. The Kier molecular flexibility index (Phi) is 5.03. The maximum absolute atomic E-state index is 9.77. The van der Waals surface area contributed by atoms with Gasteiger partial charge in [0.25, 0.3) is 0 Å². The number of rotatable bonds is 7. The van der Waals surface area contributed by atoms with E-state index in [0.717, 1.165) is 22.7 Å². The van der Waals surface area contributed by atoms with Crippen LogP contribution in [0.5, 0.6) is 0 Å². The lowest BCUT2D eigenvalue weighted by Gasteiger charge is -2.13. The van der Waals surface area contributed by atoms with Gasteiger partial charge in [-0.05, 0) is 49.4 Å². The quantitative estimate of drug-likeness (QED) is 0.813. The van der Waals surface area contributed by atoms with E-state index in [-0.39, 0.29) is 0 Å². The molecule has 1 atom stereocenters. The van der Waals surface area contributed by atoms with Gasteiger partial charge in [-0.1, -0.05) is 15.9 Å². The Morgan fingerprint density at radius 1 is 1.50 bits per heavy atom. The highest BCUT2D eigenvalue weighted by Crippen LogP contribution is 2.28. The molecule has 0 aliphatic heterocycles. The maximum atomic E-state index is 9.77. The van der Waals surface area contributed by atoms with E-state index in [1.54, 1.807) is 0 Å². The molecule has 0 heterocycles. The van der Waals surface area contributed by atoms with Gasteiger partial charge in [-0.2, -0.15) is 0 Å². The van der Waals surface area contributed by atoms with Gasteiger partial charge in [0.15, 0.2) is 0 Å². The first-order valence-corrected chi connectivity index (χ1v) is 7.20. The van der Waals surface area contributed by atoms with Crippen LogP contribution in [0.25, 0.3) is 0 Å². The van der Waals surface area contributed by atoms with Crippen LogP contribution in [0.15, 0.2) is 22.7 Å². The molecule has 1 unspecified atom stereocenters. The lowest BCUT2D eigenvalue weighted by molar-refractivity contribution is 0.0386. The van der Waals surface area contributed by atoms with E-state index < -0.39 is 6.10 Å². The normalized spacial score (nSPS) is 16.6. The van der Waals surface area contributed by atoms with Gasteiger partial charge in [0.2, 0.25) is 0 Å². The predicted molar refractivity (Wildman–Crippen MR) is 76.9 cm³/mol. The summed E-state index contributed by atoms with van der Waals surface area (Å²) in [6, 6.07) is 6.06. The van der Waals surface area contributed by atoms with Crippen molar-refractivity contribution >= 4 is 21.6 Å². The summed E-state index contributed by atoms with van der Waals surface area (Å²) in [5, 5.41) is 13.0. The molecule has 0 saturated heterocycles. The molecule has 0 radical (unpaired) electrons. The molecule has 18 heavy (non-hydrogen) atoms. The van der Waals surface area contributed by atoms with Gasteiger partial charge >= 0.3 is 0 Å². The highest BCUT2D eigenvalue weighted by molar-refractivity contribution is 9.10. The molecule has 0 aromatic heterocycles. The Balaban J connectivity index is 1.67. The summed E-state index contributed by atoms with van der Waals surface area (Å²) in [6.45, 7) is 3.78. The zero-order valence-electron chi connectivity index (χ0n) is 10.7. The number of hydrogen-bond donors (Lipinski definition) is 2. The maximum Gasteiger partial charge on any atom is 0.0945 e. The summed E-state index contributed by atoms with van der Waals surface area (Å²) in [4.78, 5) is 0. The van der Waals surface area contributed by atoms with Crippen LogP contribution in [-0.4, -0.2) is 31.0 Å². The molecule has 100 valence electrons. The van der Waals surface area contributed by atoms with Crippen molar-refractivity contribution in [2.24, 2.45) is 5.92 Å². The highest BCUT2D eigenvalue weighted by atomic mass is 79.9. The van der Waals surface area contributed by atoms with Gasteiger partial charge in [-0.3, -0.25) is 0 Å². The molecule has 1 aromatic carbocycles. The zero-order valence-corrected chi connectivity index (χ0v) is 12.2. The number of halogens is 1. The second-order valence-electron chi connectivity index (χ2n) is 4.98. The summed E-state index contributed by atoms with van der Waals surface area (Å²) in [5.74, 6) is 0.749. The number of benzene rings is 1. The smallest absolute Gasteiger partial charge is 0.0945 e. The number of aliphatic hydroxyl groups excluding tert-OH is 1. The summed E-state index contributed by atoms with van der Waals surface area (Å²) in [7, 11) is 0. The zero-order chi connectivity index (χ0) is 13.0. The number of ether oxygens (including phenoxy) is 1. The third-order valence-electron chi connectivity index (χ3n) is 3.06. The lowest BCUT2D eigenvalue weighted by Crippen LogP contribution is -2.25. The molecule has 0 spiro atoms. The van der Waals surface area contributed by atoms with Crippen molar-refractivity contribution in [1.82, 2.24) is 0 Å². The van der Waals surface area contributed by atoms with Crippen molar-refractivity contribution < 1.29 is 9.84 Å². The van der Waals surface area contributed by atoms with E-state index in [2.05, 4.69) is 27.3 Å². The fraction of sp³-hybridized carbons (Fsp3) is 0.571. The van der Waals surface area contributed by atoms with Gasteiger partial charge < -0.3 is 15.2 Å². The minimum absolute atomic E-state index is 0.416. The first-order valence-electron chi connectivity index (χ1n) is 6.41. The molecule has 0 amide bonds. The Bertz CT molecular complexity index is 393. The van der Waals surface area contributed by atoms with Crippen LogP contribution in [0, 0.1) is 12.8 Å². The number of anilines is 1. The fourth-order valence-corrected chi connectivity index (χ4v) is 1.95. The van der Waals surface area contributed by atoms with Gasteiger partial charge in [0.1, 0.15) is 0 Å². The molecule has 2 N–H and O–H groups in total. The number of hydrogen-bond acceptors (Lipinski definition) is 3. The molecule has 1 aliphatic rings. The third-order valence-corrected chi connectivity index (χ3v) is 3.95. The minimum Gasteiger partial charge on any atom is -0.389 e. The Morgan fingerprint density at radius 3 is 2.94 bits per heavy atom. The number of aliphatic hydroxyl groups is 1. The van der Waals surface area contributed by atoms with E-state index in [1.165, 1.54) is 18.4 Å². The van der Waals surface area contributed by atoms with Crippen LogP contribution in [0.1, 0.15) is 18.4 Å². The second kappa shape index (κ2) is 6.55. The van der Waals surface area contributed by atoms with Crippen molar-refractivity contribution in [2.75, 3.05) is 25.1 Å². The standard InChI is InChI=1S/C14H20BrNO2/c1-10-6-12(4-5-14(10)15)16-7-13(17)9-18-8-11-2-3-11/h4-6,11,13,16-17H,2-3,7-9H2,1H3. The lowest BCUT2D eigenvalue weighted by atomic mass is 10.2. The molecule has 4 heteroatoms. The van der Waals surface area contributed by atoms with E-state index in [1.807, 2.05) is 19.1 Å². The van der Waals surface area contributed by atoms with Gasteiger partial charge in [-0.25, -0.2) is 0 Å². The first-order chi connectivity index (χ1) is 8.65. The molecule has 1 saturated carbocycles. The van der Waals surface area contributed by atoms with E-state index in [4.69, 9.17) is 4.74 Å². The molecule has 1 fully saturated rings. The first kappa shape index (κ1) is 13.8. The third kappa shape index (κ3) is 4.59. The molecule has 0 bridgehead atoms. The summed E-state index contributed by atoms with van der Waals surface area (Å²) in [6.07, 6.45) is 2.12. The summed E-state index contributed by atoms with van der Waals surface area (Å²) in [5.41, 5.74) is 2.21. The van der Waals surface area contributed by atoms with Gasteiger partial charge in [0, 0.05) is 23.3 Å². The Labute approximate surface area is 117 Å². The molecule has 1 aromatic rings. The Morgan fingerprint density at radius 2 is 2.28 bits per heavy atom. The molecular weight excluding hydrogens is 294 g/mol. The monoisotopic (exact) mass is 313 g/mol. The van der Waals surface area contributed by atoms with Gasteiger partial charge in [0.05, 0.1) is 12.7 Å². The van der Waals surface area contributed by atoms with Gasteiger partial charge in [-0.15, -0.1) is 0 Å². The van der Waals surface area contributed by atoms with Crippen LogP contribution in [0.3, 0.4) is 0 Å². The van der Waals surface area contributed by atoms with Crippen molar-refractivity contribution in [3.8, 4) is 0 Å². The van der Waals surface area contributed by atoms with Crippen molar-refractivity contribution in [3.05, 3.63) is 28.2 Å². The predicted octanol–water partition coefficient (Wildman–Crippen LogP) is 2.96. The SMILES string of the molecule is Cc1cc(NCC(O)COCC2CC2)ccc1Br. The summed E-state index contributed by atoms with van der Waals surface area (Å²) < 4.78 is 6.55. The topological polar surface area (TPSA) is 41.5 Å². The number of aryl methyl sites for hydroxylation is 1. The molecular formula is C14H20BrNO2. The van der Waals surface area contributed by atoms with Crippen molar-refractivity contribution in [2.45, 2.75) is 25.9 Å². The van der Waals surface area contributed by atoms with E-state index in [9.17, 15) is 5.11 Å². The number of nitrogens with one attached hydrogen (secondary N) is 1. The van der Waals surface area contributed by atoms with Crippen LogP contribution in [0.4, 0.5) is 5.69 Å². The molecule has 2 rings (SSSR count). The van der Waals surface area contributed by atoms with Crippen LogP contribution < -0.4 is 5.32 Å². The van der Waals surface area contributed by atoms with Crippen molar-refractivity contribution in [3.63, 3.8) is 0 Å². The fourth-order valence-electron chi connectivity index (χ4n) is 1.70. The largest absolute Gasteiger partial charge is 0.389 e. The van der Waals surface area contributed by atoms with Crippen molar-refractivity contribution in [1.29, 1.82) is 0 Å². The van der Waals surface area contributed by atoms with Crippen LogP contribution >= 0.6 is 15.9 Å². The minimum atomic E-state index is -0.451. The van der Waals surface area contributed by atoms with E-state index in [0.29, 0.717) is 13.2 Å². The average molecular weight is 314 g/mol. The Hall–Kier alpha value is -0.580.